The van der Waals surface area contributed by atoms with Crippen molar-refractivity contribution in [3.63, 3.8) is 0 Å². The van der Waals surface area contributed by atoms with E-state index in [1.807, 2.05) is 6.92 Å². The van der Waals surface area contributed by atoms with Crippen LogP contribution in [-0.4, -0.2) is 63.7 Å². The first-order valence-corrected chi connectivity index (χ1v) is 17.0. The van der Waals surface area contributed by atoms with Gasteiger partial charge in [-0.15, -0.1) is 0 Å². The van der Waals surface area contributed by atoms with Gasteiger partial charge in [-0.25, -0.2) is 20.1 Å². The number of unbranched alkanes of at least 4 members (excludes halogenated alkanes) is 6. The third-order valence-electron chi connectivity index (χ3n) is 6.73. The topological polar surface area (TPSA) is 160 Å². The molecular weight excluding hydrogens is 559 g/mol. The first kappa shape index (κ1) is 35.7. The molecule has 0 saturated carbocycles. The molecule has 42 heavy (non-hydrogen) atoms. The minimum Gasteiger partial charge on any atom is -0.465 e. The van der Waals surface area contributed by atoms with Crippen LogP contribution in [0.25, 0.3) is 11.2 Å². The number of nitrogens with zero attached hydrogens (tertiary/aromatic N) is 3. The fraction of sp³-hybridized carbons (Fsp3) is 0.724. The standard InChI is InChI=1S/C29H51N6O6P/c1-7-9-11-13-17-39-27(36)23(4)33-42(38,34-29(5,6)28(37)40-18-14-12-10-8-2)21-41-22(3)19-35-20-32-25-24(30)15-16-31-26(25)35/h15-16,20,22-23H,7-14,17-19,21H2,1-6H3,(H2,30,31)(H2,33,34,38)/t22-,23-,42?/m1/s1. The van der Waals surface area contributed by atoms with Crippen LogP contribution in [0, 0.1) is 0 Å². The maximum Gasteiger partial charge on any atom is 0.326 e. The highest BCUT2D eigenvalue weighted by Crippen LogP contribution is 2.40. The molecule has 0 radical (unpaired) electrons. The largest absolute Gasteiger partial charge is 0.465 e. The van der Waals surface area contributed by atoms with E-state index in [1.54, 1.807) is 43.9 Å². The predicted octanol–water partition coefficient (Wildman–Crippen LogP) is 5.16. The molecule has 12 nitrogen and oxygen atoms in total. The van der Waals surface area contributed by atoms with E-state index in [1.165, 1.54) is 0 Å². The van der Waals surface area contributed by atoms with Gasteiger partial charge in [-0.05, 0) is 46.6 Å². The summed E-state index contributed by atoms with van der Waals surface area (Å²) in [5.41, 5.74) is 6.41. The van der Waals surface area contributed by atoms with Crippen molar-refractivity contribution in [2.24, 2.45) is 0 Å². The molecule has 2 heterocycles. The number of esters is 2. The lowest BCUT2D eigenvalue weighted by Crippen LogP contribution is -2.50. The van der Waals surface area contributed by atoms with Gasteiger partial charge in [-0.2, -0.15) is 0 Å². The maximum absolute atomic E-state index is 14.2. The van der Waals surface area contributed by atoms with E-state index in [-0.39, 0.29) is 13.0 Å². The molecule has 2 aromatic rings. The number of hydrogen-bond donors (Lipinski definition) is 3. The summed E-state index contributed by atoms with van der Waals surface area (Å²) in [6.07, 6.45) is 10.3. The highest BCUT2D eigenvalue weighted by molar-refractivity contribution is 7.59. The third-order valence-corrected chi connectivity index (χ3v) is 8.97. The van der Waals surface area contributed by atoms with Crippen LogP contribution in [-0.2, 0) is 34.9 Å². The number of ether oxygens (including phenoxy) is 3. The van der Waals surface area contributed by atoms with Gasteiger partial charge in [0.2, 0.25) is 7.44 Å². The Morgan fingerprint density at radius 2 is 1.67 bits per heavy atom. The summed E-state index contributed by atoms with van der Waals surface area (Å²) in [5.74, 6) is -1.06. The zero-order chi connectivity index (χ0) is 31.2. The number of carbonyl (C=O) groups is 2. The Labute approximate surface area is 250 Å². The Hall–Kier alpha value is -2.53. The molecule has 0 fully saturated rings. The minimum absolute atomic E-state index is 0.285. The Balaban J connectivity index is 2.09. The summed E-state index contributed by atoms with van der Waals surface area (Å²) >= 11 is 0. The Morgan fingerprint density at radius 3 is 2.31 bits per heavy atom. The Bertz CT molecular complexity index is 1170. The fourth-order valence-corrected chi connectivity index (χ4v) is 6.74. The van der Waals surface area contributed by atoms with Crippen molar-refractivity contribution in [2.45, 2.75) is 117 Å². The second-order valence-electron chi connectivity index (χ2n) is 11.3. The van der Waals surface area contributed by atoms with Gasteiger partial charge >= 0.3 is 11.9 Å². The number of hydrogen-bond acceptors (Lipinski definition) is 9. The van der Waals surface area contributed by atoms with Gasteiger partial charge in [0, 0.05) is 6.20 Å². The van der Waals surface area contributed by atoms with Gasteiger partial charge in [-0.1, -0.05) is 52.4 Å². The number of nitrogen functional groups attached to an aromatic ring is 1. The zero-order valence-corrected chi connectivity index (χ0v) is 27.1. The van der Waals surface area contributed by atoms with Crippen LogP contribution in [0.15, 0.2) is 18.6 Å². The predicted molar refractivity (Wildman–Crippen MR) is 165 cm³/mol. The van der Waals surface area contributed by atoms with Crippen LogP contribution >= 0.6 is 7.44 Å². The first-order valence-electron chi connectivity index (χ1n) is 15.1. The van der Waals surface area contributed by atoms with Crippen molar-refractivity contribution in [2.75, 3.05) is 25.3 Å². The molecule has 13 heteroatoms. The van der Waals surface area contributed by atoms with Crippen LogP contribution in [0.3, 0.4) is 0 Å². The van der Waals surface area contributed by atoms with E-state index in [0.717, 1.165) is 51.4 Å². The van der Waals surface area contributed by atoms with Gasteiger partial charge in [-0.3, -0.25) is 14.2 Å². The average Bonchev–Trinajstić information content (AvgIpc) is 3.35. The smallest absolute Gasteiger partial charge is 0.326 e. The minimum atomic E-state index is -3.69. The summed E-state index contributed by atoms with van der Waals surface area (Å²) in [6.45, 7) is 11.8. The molecule has 1 unspecified atom stereocenters. The molecule has 2 aromatic heterocycles. The van der Waals surface area contributed by atoms with Gasteiger partial charge in [0.05, 0.1) is 37.9 Å². The molecule has 4 N–H and O–H groups in total. The molecule has 0 saturated heterocycles. The summed E-state index contributed by atoms with van der Waals surface area (Å²) in [4.78, 5) is 34.3. The van der Waals surface area contributed by atoms with Gasteiger partial charge in [0.15, 0.2) is 5.65 Å². The zero-order valence-electron chi connectivity index (χ0n) is 26.2. The Morgan fingerprint density at radius 1 is 1.02 bits per heavy atom. The number of nitrogens with two attached hydrogens (primary N) is 1. The molecule has 0 amide bonds. The van der Waals surface area contributed by atoms with Crippen LogP contribution < -0.4 is 15.9 Å². The van der Waals surface area contributed by atoms with Crippen LogP contribution in [0.2, 0.25) is 0 Å². The van der Waals surface area contributed by atoms with E-state index in [0.29, 0.717) is 30.0 Å². The highest BCUT2D eigenvalue weighted by atomic mass is 31.2. The van der Waals surface area contributed by atoms with Gasteiger partial charge < -0.3 is 24.5 Å². The normalized spacial score (nSPS) is 14.8. The average molecular weight is 611 g/mol. The van der Waals surface area contributed by atoms with Crippen molar-refractivity contribution in [3.8, 4) is 0 Å². The molecule has 2 rings (SSSR count). The second kappa shape index (κ2) is 17.6. The molecule has 0 bridgehead atoms. The lowest BCUT2D eigenvalue weighted by Gasteiger charge is -2.32. The maximum atomic E-state index is 14.2. The molecule has 0 aliphatic carbocycles. The molecule has 0 aromatic carbocycles. The van der Waals surface area contributed by atoms with E-state index in [9.17, 15) is 14.2 Å². The summed E-state index contributed by atoms with van der Waals surface area (Å²) in [6, 6.07) is 0.779. The Kier molecular flexibility index (Phi) is 14.9. The number of anilines is 1. The molecule has 238 valence electrons. The molecule has 0 aliphatic heterocycles. The number of pyridine rings is 1. The summed E-state index contributed by atoms with van der Waals surface area (Å²) < 4.78 is 32.9. The molecule has 3 atom stereocenters. The number of aromatic nitrogens is 3. The second-order valence-corrected chi connectivity index (χ2v) is 13.5. The first-order chi connectivity index (χ1) is 19.9. The monoisotopic (exact) mass is 610 g/mol. The number of imidazole rings is 1. The SMILES string of the molecule is CCCCCCOC(=O)[C@@H](C)NP(=O)(CO[C@H](C)Cn1cnc2c(N)ccnc21)NC(C)(C)C(=O)OCCCCCC. The van der Waals surface area contributed by atoms with Crippen molar-refractivity contribution in [3.05, 3.63) is 18.6 Å². The van der Waals surface area contributed by atoms with Crippen molar-refractivity contribution < 1.29 is 28.4 Å². The van der Waals surface area contributed by atoms with Crippen molar-refractivity contribution >= 4 is 36.2 Å². The van der Waals surface area contributed by atoms with Crippen molar-refractivity contribution in [1.29, 1.82) is 0 Å². The number of rotatable bonds is 21. The van der Waals surface area contributed by atoms with E-state index >= 15 is 0 Å². The number of nitrogens with one attached hydrogen (secondary N) is 2. The molecule has 0 aliphatic rings. The lowest BCUT2D eigenvalue weighted by atomic mass is 10.1. The quantitative estimate of drug-likeness (QED) is 0.0973. The summed E-state index contributed by atoms with van der Waals surface area (Å²) in [5, 5.41) is 5.81. The fourth-order valence-electron chi connectivity index (χ4n) is 4.34. The van der Waals surface area contributed by atoms with E-state index in [2.05, 4.69) is 34.0 Å². The van der Waals surface area contributed by atoms with E-state index in [4.69, 9.17) is 19.9 Å². The number of carbonyl (C=O) groups excluding carboxylic acids is 2. The lowest BCUT2D eigenvalue weighted by molar-refractivity contribution is -0.149. The van der Waals surface area contributed by atoms with E-state index < -0.39 is 37.1 Å². The molecule has 0 spiro atoms. The van der Waals surface area contributed by atoms with Gasteiger partial charge in [0.25, 0.3) is 0 Å². The van der Waals surface area contributed by atoms with Gasteiger partial charge in [0.1, 0.15) is 23.4 Å². The third kappa shape index (κ3) is 11.6. The van der Waals surface area contributed by atoms with Crippen LogP contribution in [0.1, 0.15) is 92.9 Å². The van der Waals surface area contributed by atoms with Crippen LogP contribution in [0.5, 0.6) is 0 Å². The summed E-state index contributed by atoms with van der Waals surface area (Å²) in [7, 11) is -3.69. The van der Waals surface area contributed by atoms with Crippen LogP contribution in [0.4, 0.5) is 5.69 Å². The molecular formula is C29H51N6O6P. The highest BCUT2D eigenvalue weighted by Gasteiger charge is 2.39. The van der Waals surface area contributed by atoms with Crippen molar-refractivity contribution in [1.82, 2.24) is 24.7 Å². The number of fused-ring (bicyclic) bond motifs is 1.